The monoisotopic (exact) mass is 246 g/mol. The van der Waals surface area contributed by atoms with Gasteiger partial charge in [-0.3, -0.25) is 4.79 Å². The third-order valence-corrected chi connectivity index (χ3v) is 2.84. The average Bonchev–Trinajstić information content (AvgIpc) is 2.70. The first-order valence-electron chi connectivity index (χ1n) is 5.05. The van der Waals surface area contributed by atoms with Gasteiger partial charge in [-0.2, -0.15) is 0 Å². The molecule has 1 amide bonds. The second-order valence-electron chi connectivity index (χ2n) is 4.21. The molecule has 0 bridgehead atoms. The Hall–Kier alpha value is -1.00. The fourth-order valence-corrected chi connectivity index (χ4v) is 1.16. The van der Waals surface area contributed by atoms with E-state index in [1.807, 2.05) is 20.8 Å². The van der Waals surface area contributed by atoms with Crippen molar-refractivity contribution in [2.45, 2.75) is 26.3 Å². The average molecular weight is 247 g/mol. The van der Waals surface area contributed by atoms with Gasteiger partial charge < -0.3 is 15.5 Å². The van der Waals surface area contributed by atoms with Crippen molar-refractivity contribution in [3.8, 4) is 0 Å². The maximum absolute atomic E-state index is 11.7. The highest BCUT2D eigenvalue weighted by molar-refractivity contribution is 5.91. The van der Waals surface area contributed by atoms with Crippen molar-refractivity contribution in [3.05, 3.63) is 24.2 Å². The Balaban J connectivity index is 0.00000225. The zero-order valence-corrected chi connectivity index (χ0v) is 10.6. The van der Waals surface area contributed by atoms with Crippen molar-refractivity contribution >= 4 is 18.3 Å². The maximum Gasteiger partial charge on any atom is 0.287 e. The third-order valence-electron chi connectivity index (χ3n) is 2.84. The molecule has 92 valence electrons. The predicted molar refractivity (Wildman–Crippen MR) is 65.7 cm³/mol. The van der Waals surface area contributed by atoms with Crippen LogP contribution in [0.2, 0.25) is 0 Å². The Kier molecular flexibility index (Phi) is 5.55. The molecule has 1 aromatic heterocycles. The van der Waals surface area contributed by atoms with Crippen LogP contribution in [0.4, 0.5) is 0 Å². The molecule has 1 aromatic rings. The van der Waals surface area contributed by atoms with E-state index in [0.717, 1.165) is 0 Å². The van der Waals surface area contributed by atoms with E-state index in [1.165, 1.54) is 6.26 Å². The summed E-state index contributed by atoms with van der Waals surface area (Å²) in [6, 6.07) is 3.32. The summed E-state index contributed by atoms with van der Waals surface area (Å²) in [5.74, 6) is 0.360. The van der Waals surface area contributed by atoms with Crippen molar-refractivity contribution in [2.75, 3.05) is 6.54 Å². The number of furan rings is 1. The molecule has 0 saturated carbocycles. The number of nitrogens with two attached hydrogens (primary N) is 1. The van der Waals surface area contributed by atoms with Crippen LogP contribution in [0.3, 0.4) is 0 Å². The Morgan fingerprint density at radius 3 is 2.62 bits per heavy atom. The van der Waals surface area contributed by atoms with E-state index in [0.29, 0.717) is 12.3 Å². The number of hydrogen-bond donors (Lipinski definition) is 2. The lowest BCUT2D eigenvalue weighted by molar-refractivity contribution is 0.0854. The highest BCUT2D eigenvalue weighted by Crippen LogP contribution is 2.15. The molecule has 1 heterocycles. The number of carbonyl (C=O) groups is 1. The summed E-state index contributed by atoms with van der Waals surface area (Å²) in [7, 11) is 0. The molecule has 0 radical (unpaired) electrons. The smallest absolute Gasteiger partial charge is 0.287 e. The Morgan fingerprint density at radius 1 is 1.62 bits per heavy atom. The molecule has 4 nitrogen and oxygen atoms in total. The van der Waals surface area contributed by atoms with E-state index >= 15 is 0 Å². The largest absolute Gasteiger partial charge is 0.459 e. The van der Waals surface area contributed by atoms with Crippen LogP contribution in [0.25, 0.3) is 0 Å². The van der Waals surface area contributed by atoms with Crippen LogP contribution in [0.5, 0.6) is 0 Å². The molecular weight excluding hydrogens is 228 g/mol. The fourth-order valence-electron chi connectivity index (χ4n) is 1.16. The number of nitrogens with one attached hydrogen (secondary N) is 1. The van der Waals surface area contributed by atoms with E-state index in [1.54, 1.807) is 12.1 Å². The lowest BCUT2D eigenvalue weighted by atomic mass is 9.88. The van der Waals surface area contributed by atoms with Crippen molar-refractivity contribution in [1.82, 2.24) is 5.32 Å². The molecule has 16 heavy (non-hydrogen) atoms. The van der Waals surface area contributed by atoms with Gasteiger partial charge in [0, 0.05) is 6.54 Å². The number of rotatable bonds is 4. The molecule has 5 heteroatoms. The zero-order valence-electron chi connectivity index (χ0n) is 9.82. The normalized spacial score (nSPS) is 14.1. The Labute approximate surface area is 102 Å². The van der Waals surface area contributed by atoms with Crippen molar-refractivity contribution in [3.63, 3.8) is 0 Å². The van der Waals surface area contributed by atoms with Crippen LogP contribution >= 0.6 is 12.4 Å². The second-order valence-corrected chi connectivity index (χ2v) is 4.21. The zero-order chi connectivity index (χ0) is 11.5. The van der Waals surface area contributed by atoms with Crippen LogP contribution in [0, 0.1) is 5.92 Å². The summed E-state index contributed by atoms with van der Waals surface area (Å²) < 4.78 is 5.01. The molecule has 0 aliphatic heterocycles. The lowest BCUT2D eigenvalue weighted by Crippen LogP contribution is -2.54. The molecule has 1 unspecified atom stereocenters. The summed E-state index contributed by atoms with van der Waals surface area (Å²) in [6.45, 7) is 6.38. The number of halogens is 1. The Bertz CT molecular complexity index is 325. The van der Waals surface area contributed by atoms with Crippen molar-refractivity contribution in [2.24, 2.45) is 11.7 Å². The van der Waals surface area contributed by atoms with Gasteiger partial charge in [-0.05, 0) is 25.0 Å². The first-order valence-corrected chi connectivity index (χ1v) is 5.05. The summed E-state index contributed by atoms with van der Waals surface area (Å²) in [5, 5.41) is 2.89. The highest BCUT2D eigenvalue weighted by atomic mass is 35.5. The topological polar surface area (TPSA) is 68.3 Å². The SMILES string of the molecule is CC(C)C(C)(CN)NC(=O)c1ccco1.Cl. The molecule has 0 aliphatic carbocycles. The molecule has 0 aliphatic rings. The van der Waals surface area contributed by atoms with Crippen LogP contribution in [-0.4, -0.2) is 18.0 Å². The Morgan fingerprint density at radius 2 is 2.25 bits per heavy atom. The van der Waals surface area contributed by atoms with Gasteiger partial charge in [0.25, 0.3) is 5.91 Å². The first-order chi connectivity index (χ1) is 6.99. The van der Waals surface area contributed by atoms with Crippen LogP contribution in [-0.2, 0) is 0 Å². The minimum atomic E-state index is -0.399. The predicted octanol–water partition coefficient (Wildman–Crippen LogP) is 1.80. The lowest BCUT2D eigenvalue weighted by Gasteiger charge is -2.33. The van der Waals surface area contributed by atoms with Crippen LogP contribution in [0.15, 0.2) is 22.8 Å². The van der Waals surface area contributed by atoms with Gasteiger partial charge in [0.15, 0.2) is 5.76 Å². The van der Waals surface area contributed by atoms with E-state index < -0.39 is 5.54 Å². The van der Waals surface area contributed by atoms with E-state index in [9.17, 15) is 4.79 Å². The summed E-state index contributed by atoms with van der Waals surface area (Å²) in [5.41, 5.74) is 5.27. The molecule has 1 rings (SSSR count). The van der Waals surface area contributed by atoms with E-state index in [4.69, 9.17) is 10.2 Å². The molecule has 1 atom stereocenters. The number of amides is 1. The highest BCUT2D eigenvalue weighted by Gasteiger charge is 2.29. The molecule has 0 aromatic carbocycles. The van der Waals surface area contributed by atoms with Gasteiger partial charge in [-0.1, -0.05) is 13.8 Å². The number of hydrogen-bond acceptors (Lipinski definition) is 3. The van der Waals surface area contributed by atoms with Gasteiger partial charge >= 0.3 is 0 Å². The van der Waals surface area contributed by atoms with E-state index in [2.05, 4.69) is 5.32 Å². The number of carbonyl (C=O) groups excluding carboxylic acids is 1. The summed E-state index contributed by atoms with van der Waals surface area (Å²) in [4.78, 5) is 11.7. The molecule has 0 spiro atoms. The minimum absolute atomic E-state index is 0. The second kappa shape index (κ2) is 5.92. The van der Waals surface area contributed by atoms with Crippen molar-refractivity contribution < 1.29 is 9.21 Å². The van der Waals surface area contributed by atoms with Gasteiger partial charge in [0.1, 0.15) is 0 Å². The van der Waals surface area contributed by atoms with Crippen LogP contribution in [0.1, 0.15) is 31.3 Å². The standard InChI is InChI=1S/C11H18N2O2.ClH/c1-8(2)11(3,7-12)13-10(14)9-5-4-6-15-9;/h4-6,8H,7,12H2,1-3H3,(H,13,14);1H. The van der Waals surface area contributed by atoms with E-state index in [-0.39, 0.29) is 24.2 Å². The first kappa shape index (κ1) is 15.0. The molecule has 3 N–H and O–H groups in total. The quantitative estimate of drug-likeness (QED) is 0.851. The van der Waals surface area contributed by atoms with Gasteiger partial charge in [0.05, 0.1) is 11.8 Å². The maximum atomic E-state index is 11.7. The fraction of sp³-hybridized carbons (Fsp3) is 0.545. The van der Waals surface area contributed by atoms with Crippen molar-refractivity contribution in [1.29, 1.82) is 0 Å². The summed E-state index contributed by atoms with van der Waals surface area (Å²) >= 11 is 0. The van der Waals surface area contributed by atoms with Crippen LogP contribution < -0.4 is 11.1 Å². The van der Waals surface area contributed by atoms with Gasteiger partial charge in [-0.25, -0.2) is 0 Å². The minimum Gasteiger partial charge on any atom is -0.459 e. The third kappa shape index (κ3) is 3.25. The van der Waals surface area contributed by atoms with Gasteiger partial charge in [-0.15, -0.1) is 12.4 Å². The molecule has 0 saturated heterocycles. The van der Waals surface area contributed by atoms with Gasteiger partial charge in [0.2, 0.25) is 0 Å². The summed E-state index contributed by atoms with van der Waals surface area (Å²) in [6.07, 6.45) is 1.48. The molecular formula is C11H19ClN2O2. The molecule has 0 fully saturated rings.